The Morgan fingerprint density at radius 1 is 0.889 bits per heavy atom. The van der Waals surface area contributed by atoms with Crippen molar-refractivity contribution in [1.29, 1.82) is 0 Å². The molecule has 0 bridgehead atoms. The van der Waals surface area contributed by atoms with E-state index in [4.69, 9.17) is 0 Å². The van der Waals surface area contributed by atoms with Crippen LogP contribution in [0.3, 0.4) is 0 Å². The summed E-state index contributed by atoms with van der Waals surface area (Å²) >= 11 is 0. The van der Waals surface area contributed by atoms with Gasteiger partial charge in [0.1, 0.15) is 5.52 Å². The van der Waals surface area contributed by atoms with Gasteiger partial charge in [0, 0.05) is 19.3 Å². The number of nitrogens with zero attached hydrogens (tertiary/aromatic N) is 4. The van der Waals surface area contributed by atoms with E-state index >= 15 is 0 Å². The van der Waals surface area contributed by atoms with E-state index in [0.717, 1.165) is 22.5 Å². The predicted molar refractivity (Wildman–Crippen MR) is 106 cm³/mol. The van der Waals surface area contributed by atoms with Crippen LogP contribution in [0.15, 0.2) is 85.3 Å². The number of carbonyl (C=O) groups excluding carboxylic acids is 1. The van der Waals surface area contributed by atoms with Gasteiger partial charge in [-0.3, -0.25) is 4.90 Å². The number of imidazole rings is 1. The summed E-state index contributed by atoms with van der Waals surface area (Å²) < 4.78 is 1.94. The number of amides is 2. The molecule has 1 N–H and O–H groups in total. The Kier molecular flexibility index (Phi) is 4.78. The van der Waals surface area contributed by atoms with E-state index in [0.29, 0.717) is 13.1 Å². The van der Waals surface area contributed by atoms with Crippen molar-refractivity contribution >= 4 is 28.6 Å². The van der Waals surface area contributed by atoms with Crippen LogP contribution in [-0.2, 0) is 6.54 Å². The number of anilines is 2. The minimum Gasteiger partial charge on any atom is -0.336 e. The first kappa shape index (κ1) is 16.8. The number of benzene rings is 2. The highest BCUT2D eigenvalue weighted by Crippen LogP contribution is 2.24. The fourth-order valence-corrected chi connectivity index (χ4v) is 2.96. The van der Waals surface area contributed by atoms with Crippen molar-refractivity contribution in [2.45, 2.75) is 6.54 Å². The van der Waals surface area contributed by atoms with E-state index in [2.05, 4.69) is 15.3 Å². The lowest BCUT2D eigenvalue weighted by Gasteiger charge is -2.23. The molecule has 0 radical (unpaired) electrons. The number of aromatic nitrogens is 3. The van der Waals surface area contributed by atoms with Gasteiger partial charge >= 0.3 is 6.03 Å². The number of urea groups is 1. The first-order valence-corrected chi connectivity index (χ1v) is 8.77. The van der Waals surface area contributed by atoms with Crippen molar-refractivity contribution in [3.63, 3.8) is 0 Å². The number of hydrogen-bond donors (Lipinski definition) is 1. The number of pyridine rings is 1. The van der Waals surface area contributed by atoms with E-state index in [9.17, 15) is 4.79 Å². The summed E-state index contributed by atoms with van der Waals surface area (Å²) in [6.07, 6.45) is 3.49. The zero-order valence-corrected chi connectivity index (χ0v) is 14.7. The molecule has 2 aromatic carbocycles. The average Bonchev–Trinajstić information content (AvgIpc) is 3.13. The monoisotopic (exact) mass is 357 g/mol. The maximum absolute atomic E-state index is 12.9. The summed E-state index contributed by atoms with van der Waals surface area (Å²) in [5.74, 6) is 0. The maximum atomic E-state index is 12.9. The molecule has 0 aliphatic heterocycles. The van der Waals surface area contributed by atoms with Gasteiger partial charge < -0.3 is 9.88 Å². The standard InChI is InChI=1S/C21H19N5O/c27-21(23-14-15-25-16-24-19-12-7-13-22-20(19)25)26(17-8-3-1-4-9-17)18-10-5-2-6-11-18/h1-13,16H,14-15H2,(H,23,27). The highest BCUT2D eigenvalue weighted by molar-refractivity contribution is 5.99. The molecule has 4 rings (SSSR count). The molecule has 0 saturated heterocycles. The summed E-state index contributed by atoms with van der Waals surface area (Å²) in [7, 11) is 0. The van der Waals surface area contributed by atoms with Gasteiger partial charge in [0.15, 0.2) is 5.65 Å². The van der Waals surface area contributed by atoms with Crippen LogP contribution < -0.4 is 10.2 Å². The summed E-state index contributed by atoms with van der Waals surface area (Å²) in [5.41, 5.74) is 3.29. The highest BCUT2D eigenvalue weighted by Gasteiger charge is 2.17. The minimum absolute atomic E-state index is 0.176. The van der Waals surface area contributed by atoms with Gasteiger partial charge in [-0.15, -0.1) is 0 Å². The zero-order valence-electron chi connectivity index (χ0n) is 14.7. The van der Waals surface area contributed by atoms with Crippen LogP contribution in [-0.4, -0.2) is 27.1 Å². The third-order valence-electron chi connectivity index (χ3n) is 4.24. The van der Waals surface area contributed by atoms with E-state index in [-0.39, 0.29) is 6.03 Å². The van der Waals surface area contributed by atoms with Gasteiger partial charge in [0.05, 0.1) is 17.7 Å². The Morgan fingerprint density at radius 3 is 2.22 bits per heavy atom. The van der Waals surface area contributed by atoms with E-state index in [1.54, 1.807) is 17.4 Å². The fraction of sp³-hybridized carbons (Fsp3) is 0.0952. The molecular formula is C21H19N5O. The third kappa shape index (κ3) is 3.64. The molecule has 6 nitrogen and oxygen atoms in total. The molecule has 2 heterocycles. The van der Waals surface area contributed by atoms with Crippen LogP contribution >= 0.6 is 0 Å². The van der Waals surface area contributed by atoms with Crippen molar-refractivity contribution in [3.05, 3.63) is 85.3 Å². The van der Waals surface area contributed by atoms with Crippen molar-refractivity contribution < 1.29 is 4.79 Å². The Hall–Kier alpha value is -3.67. The molecule has 0 spiro atoms. The molecule has 0 saturated carbocycles. The number of nitrogens with one attached hydrogen (secondary N) is 1. The molecule has 0 aliphatic rings. The van der Waals surface area contributed by atoms with Gasteiger partial charge in [-0.25, -0.2) is 14.8 Å². The number of carbonyl (C=O) groups is 1. The second-order valence-corrected chi connectivity index (χ2v) is 6.02. The minimum atomic E-state index is -0.176. The van der Waals surface area contributed by atoms with Gasteiger partial charge in [-0.2, -0.15) is 0 Å². The molecule has 2 amide bonds. The van der Waals surface area contributed by atoms with Gasteiger partial charge in [0.2, 0.25) is 0 Å². The second-order valence-electron chi connectivity index (χ2n) is 6.02. The molecule has 0 fully saturated rings. The Bertz CT molecular complexity index is 991. The number of fused-ring (bicyclic) bond motifs is 1. The maximum Gasteiger partial charge on any atom is 0.326 e. The van der Waals surface area contributed by atoms with E-state index in [1.165, 1.54) is 0 Å². The molecule has 27 heavy (non-hydrogen) atoms. The smallest absolute Gasteiger partial charge is 0.326 e. The van der Waals surface area contributed by atoms with E-state index < -0.39 is 0 Å². The lowest BCUT2D eigenvalue weighted by molar-refractivity contribution is 0.248. The van der Waals surface area contributed by atoms with Crippen molar-refractivity contribution in [3.8, 4) is 0 Å². The Labute approximate surface area is 157 Å². The number of para-hydroxylation sites is 2. The largest absolute Gasteiger partial charge is 0.336 e. The van der Waals surface area contributed by atoms with Gasteiger partial charge in [-0.1, -0.05) is 36.4 Å². The van der Waals surface area contributed by atoms with Gasteiger partial charge in [0.25, 0.3) is 0 Å². The van der Waals surface area contributed by atoms with Crippen LogP contribution in [0.5, 0.6) is 0 Å². The molecular weight excluding hydrogens is 338 g/mol. The summed E-state index contributed by atoms with van der Waals surface area (Å²) in [5, 5.41) is 2.99. The zero-order chi connectivity index (χ0) is 18.5. The van der Waals surface area contributed by atoms with Crippen LogP contribution in [0, 0.1) is 0 Å². The normalized spacial score (nSPS) is 10.7. The van der Waals surface area contributed by atoms with Crippen molar-refractivity contribution in [2.75, 3.05) is 11.4 Å². The first-order chi connectivity index (χ1) is 13.3. The summed E-state index contributed by atoms with van der Waals surface area (Å²) in [6.45, 7) is 1.06. The number of rotatable bonds is 5. The van der Waals surface area contributed by atoms with Gasteiger partial charge in [-0.05, 0) is 36.4 Å². The average molecular weight is 357 g/mol. The Balaban J connectivity index is 1.49. The fourth-order valence-electron chi connectivity index (χ4n) is 2.96. The quantitative estimate of drug-likeness (QED) is 0.588. The Morgan fingerprint density at radius 2 is 1.56 bits per heavy atom. The van der Waals surface area contributed by atoms with Crippen LogP contribution in [0.2, 0.25) is 0 Å². The predicted octanol–water partition coefficient (Wildman–Crippen LogP) is 3.98. The van der Waals surface area contributed by atoms with Crippen molar-refractivity contribution in [2.24, 2.45) is 0 Å². The third-order valence-corrected chi connectivity index (χ3v) is 4.24. The molecule has 4 aromatic rings. The first-order valence-electron chi connectivity index (χ1n) is 8.77. The molecule has 134 valence electrons. The second kappa shape index (κ2) is 7.70. The van der Waals surface area contributed by atoms with Crippen LogP contribution in [0.1, 0.15) is 0 Å². The SMILES string of the molecule is O=C(NCCn1cnc2cccnc21)N(c1ccccc1)c1ccccc1. The highest BCUT2D eigenvalue weighted by atomic mass is 16.2. The van der Waals surface area contributed by atoms with Crippen LogP contribution in [0.25, 0.3) is 11.2 Å². The lowest BCUT2D eigenvalue weighted by atomic mass is 10.2. The summed E-state index contributed by atoms with van der Waals surface area (Å²) in [6, 6.07) is 22.8. The molecule has 0 unspecified atom stereocenters. The lowest BCUT2D eigenvalue weighted by Crippen LogP contribution is -2.38. The summed E-state index contributed by atoms with van der Waals surface area (Å²) in [4.78, 5) is 23.3. The van der Waals surface area contributed by atoms with Crippen LogP contribution in [0.4, 0.5) is 16.2 Å². The molecule has 6 heteroatoms. The van der Waals surface area contributed by atoms with E-state index in [1.807, 2.05) is 77.4 Å². The molecule has 0 aliphatic carbocycles. The number of hydrogen-bond acceptors (Lipinski definition) is 3. The molecule has 2 aromatic heterocycles. The van der Waals surface area contributed by atoms with Crippen molar-refractivity contribution in [1.82, 2.24) is 19.9 Å². The molecule has 0 atom stereocenters. The topological polar surface area (TPSA) is 63.1 Å².